The van der Waals surface area contributed by atoms with Crippen LogP contribution >= 0.6 is 0 Å². The number of hydrogen-bond acceptors (Lipinski definition) is 5. The second-order valence-corrected chi connectivity index (χ2v) is 7.00. The van der Waals surface area contributed by atoms with Gasteiger partial charge in [0.25, 0.3) is 5.91 Å². The van der Waals surface area contributed by atoms with Crippen molar-refractivity contribution >= 4 is 11.7 Å². The van der Waals surface area contributed by atoms with E-state index in [0.717, 1.165) is 16.8 Å². The molecule has 0 atom stereocenters. The van der Waals surface area contributed by atoms with E-state index >= 15 is 0 Å². The molecule has 0 fully saturated rings. The molecular weight excluding hydrogens is 395 g/mol. The van der Waals surface area contributed by atoms with Crippen LogP contribution in [-0.2, 0) is 24.1 Å². The number of nitrogens with one attached hydrogen (secondary N) is 2. The minimum Gasteiger partial charge on any atom is -0.381 e. The zero-order valence-electron chi connectivity index (χ0n) is 17.6. The van der Waals surface area contributed by atoms with Crippen molar-refractivity contribution in [2.75, 3.05) is 25.1 Å². The highest BCUT2D eigenvalue weighted by atomic mass is 19.1. The number of nitrogens with zero attached hydrogens (tertiary/aromatic N) is 2. The lowest BCUT2D eigenvalue weighted by molar-refractivity contribution is 0.0951. The molecule has 0 unspecified atom stereocenters. The molecule has 0 bridgehead atoms. The van der Waals surface area contributed by atoms with Gasteiger partial charge in [-0.2, -0.15) is 0 Å². The Morgan fingerprint density at radius 1 is 1.10 bits per heavy atom. The van der Waals surface area contributed by atoms with Crippen molar-refractivity contribution in [1.82, 2.24) is 15.3 Å². The lowest BCUT2D eigenvalue weighted by Gasteiger charge is -2.13. The molecule has 3 aromatic rings. The van der Waals surface area contributed by atoms with E-state index in [4.69, 9.17) is 4.74 Å². The van der Waals surface area contributed by atoms with Gasteiger partial charge in [-0.15, -0.1) is 0 Å². The molecule has 0 saturated heterocycles. The van der Waals surface area contributed by atoms with Gasteiger partial charge in [0.05, 0.1) is 12.2 Å². The van der Waals surface area contributed by atoms with E-state index in [1.165, 1.54) is 12.1 Å². The van der Waals surface area contributed by atoms with Crippen molar-refractivity contribution in [1.29, 1.82) is 0 Å². The van der Waals surface area contributed by atoms with Crippen molar-refractivity contribution in [3.8, 4) is 0 Å². The second-order valence-electron chi connectivity index (χ2n) is 7.00. The summed E-state index contributed by atoms with van der Waals surface area (Å²) in [6, 6.07) is 13.8. The minimum absolute atomic E-state index is 0.221. The number of carbonyl (C=O) groups is 1. The maximum Gasteiger partial charge on any atom is 0.255 e. The molecule has 0 aliphatic rings. The smallest absolute Gasteiger partial charge is 0.255 e. The van der Waals surface area contributed by atoms with Gasteiger partial charge in [-0.05, 0) is 54.8 Å². The molecule has 6 nitrogen and oxygen atoms in total. The Morgan fingerprint density at radius 2 is 1.97 bits per heavy atom. The Labute approximate surface area is 181 Å². The summed E-state index contributed by atoms with van der Waals surface area (Å²) in [6.07, 6.45) is 4.67. The van der Waals surface area contributed by atoms with E-state index in [1.807, 2.05) is 31.2 Å². The molecule has 0 radical (unpaired) electrons. The van der Waals surface area contributed by atoms with Gasteiger partial charge in [-0.3, -0.25) is 9.78 Å². The Morgan fingerprint density at radius 3 is 2.74 bits per heavy atom. The van der Waals surface area contributed by atoms with E-state index in [9.17, 15) is 9.18 Å². The number of anilines is 1. The summed E-state index contributed by atoms with van der Waals surface area (Å²) in [7, 11) is 0. The molecule has 0 aliphatic heterocycles. The third kappa shape index (κ3) is 7.15. The molecular formula is C24H27FN4O2. The van der Waals surface area contributed by atoms with Crippen LogP contribution in [0.2, 0.25) is 0 Å². The van der Waals surface area contributed by atoms with Crippen LogP contribution in [0, 0.1) is 5.82 Å². The van der Waals surface area contributed by atoms with E-state index in [2.05, 4.69) is 20.6 Å². The van der Waals surface area contributed by atoms with Crippen molar-refractivity contribution in [3.05, 3.63) is 89.1 Å². The third-order valence-corrected chi connectivity index (χ3v) is 4.68. The van der Waals surface area contributed by atoms with Gasteiger partial charge < -0.3 is 15.4 Å². The first-order valence-electron chi connectivity index (χ1n) is 10.4. The monoisotopic (exact) mass is 422 g/mol. The molecule has 2 N–H and O–H groups in total. The summed E-state index contributed by atoms with van der Waals surface area (Å²) in [5, 5.41) is 6.15. The van der Waals surface area contributed by atoms with Crippen LogP contribution in [0.4, 0.5) is 10.2 Å². The summed E-state index contributed by atoms with van der Waals surface area (Å²) in [5.74, 6) is 0.0269. The van der Waals surface area contributed by atoms with E-state index < -0.39 is 0 Å². The number of carbonyl (C=O) groups excluding carboxylic acids is 1. The van der Waals surface area contributed by atoms with E-state index in [1.54, 1.807) is 24.5 Å². The Balaban J connectivity index is 1.69. The molecule has 7 heteroatoms. The Bertz CT molecular complexity index is 982. The molecule has 162 valence electrons. The fourth-order valence-electron chi connectivity index (χ4n) is 3.08. The van der Waals surface area contributed by atoms with Crippen molar-refractivity contribution in [2.45, 2.75) is 26.3 Å². The lowest BCUT2D eigenvalue weighted by Crippen LogP contribution is -2.25. The minimum atomic E-state index is -0.260. The van der Waals surface area contributed by atoms with Crippen molar-refractivity contribution in [2.24, 2.45) is 0 Å². The largest absolute Gasteiger partial charge is 0.381 e. The molecule has 2 heterocycles. The zero-order chi connectivity index (χ0) is 21.9. The van der Waals surface area contributed by atoms with Gasteiger partial charge >= 0.3 is 0 Å². The maximum absolute atomic E-state index is 13.4. The molecule has 31 heavy (non-hydrogen) atoms. The van der Waals surface area contributed by atoms with Crippen molar-refractivity contribution in [3.63, 3.8) is 0 Å². The van der Waals surface area contributed by atoms with Gasteiger partial charge in [0.2, 0.25) is 0 Å². The second kappa shape index (κ2) is 11.8. The highest BCUT2D eigenvalue weighted by Crippen LogP contribution is 2.15. The lowest BCUT2D eigenvalue weighted by atomic mass is 10.1. The third-order valence-electron chi connectivity index (χ3n) is 4.68. The Hall–Kier alpha value is -3.32. The van der Waals surface area contributed by atoms with E-state index in [-0.39, 0.29) is 11.7 Å². The van der Waals surface area contributed by atoms with Crippen LogP contribution in [-0.4, -0.2) is 35.6 Å². The standard InChI is InChI=1S/C24H27FN4O2/c1-2-31-14-11-21-8-9-22(24(30)28-17-19-6-4-12-26-16-19)23(29-21)27-13-10-18-5-3-7-20(25)15-18/h3-9,12,15-16H,2,10-11,13-14,17H2,1H3,(H,27,29)(H,28,30). The van der Waals surface area contributed by atoms with Gasteiger partial charge in [0.15, 0.2) is 0 Å². The average Bonchev–Trinajstić information content (AvgIpc) is 2.79. The number of pyridine rings is 2. The molecule has 1 amide bonds. The number of rotatable bonds is 11. The number of amides is 1. The normalized spacial score (nSPS) is 10.6. The zero-order valence-corrected chi connectivity index (χ0v) is 17.6. The van der Waals surface area contributed by atoms with Gasteiger partial charge in [0, 0.05) is 44.2 Å². The SMILES string of the molecule is CCOCCc1ccc(C(=O)NCc2cccnc2)c(NCCc2cccc(F)c2)n1. The van der Waals surface area contributed by atoms with Gasteiger partial charge in [0.1, 0.15) is 11.6 Å². The molecule has 0 saturated carbocycles. The molecule has 3 rings (SSSR count). The summed E-state index contributed by atoms with van der Waals surface area (Å²) in [6.45, 7) is 4.06. The topological polar surface area (TPSA) is 76.1 Å². The summed E-state index contributed by atoms with van der Waals surface area (Å²) < 4.78 is 18.8. The highest BCUT2D eigenvalue weighted by Gasteiger charge is 2.14. The van der Waals surface area contributed by atoms with Crippen LogP contribution < -0.4 is 10.6 Å². The molecule has 0 aliphatic carbocycles. The van der Waals surface area contributed by atoms with Crippen LogP contribution in [0.1, 0.15) is 34.1 Å². The summed E-state index contributed by atoms with van der Waals surface area (Å²) >= 11 is 0. The van der Waals surface area contributed by atoms with Crippen LogP contribution in [0.5, 0.6) is 0 Å². The first-order chi connectivity index (χ1) is 15.2. The van der Waals surface area contributed by atoms with Gasteiger partial charge in [-0.25, -0.2) is 9.37 Å². The van der Waals surface area contributed by atoms with Crippen molar-refractivity contribution < 1.29 is 13.9 Å². The molecule has 1 aromatic carbocycles. The first-order valence-corrected chi connectivity index (χ1v) is 10.4. The summed E-state index contributed by atoms with van der Waals surface area (Å²) in [5.41, 5.74) is 3.09. The quantitative estimate of drug-likeness (QED) is 0.460. The first kappa shape index (κ1) is 22.4. The maximum atomic E-state index is 13.4. The number of hydrogen-bond donors (Lipinski definition) is 2. The predicted molar refractivity (Wildman–Crippen MR) is 118 cm³/mol. The number of ether oxygens (including phenoxy) is 1. The summed E-state index contributed by atoms with van der Waals surface area (Å²) in [4.78, 5) is 21.5. The molecule has 2 aromatic heterocycles. The fraction of sp³-hybridized carbons (Fsp3) is 0.292. The average molecular weight is 423 g/mol. The van der Waals surface area contributed by atoms with E-state index in [0.29, 0.717) is 50.5 Å². The molecule has 0 spiro atoms. The van der Waals surface area contributed by atoms with Crippen LogP contribution in [0.15, 0.2) is 60.9 Å². The van der Waals surface area contributed by atoms with Crippen LogP contribution in [0.3, 0.4) is 0 Å². The fourth-order valence-corrected chi connectivity index (χ4v) is 3.08. The predicted octanol–water partition coefficient (Wildman–Crippen LogP) is 3.78. The number of aromatic nitrogens is 2. The van der Waals surface area contributed by atoms with Gasteiger partial charge in [-0.1, -0.05) is 18.2 Å². The number of halogens is 1. The Kier molecular flexibility index (Phi) is 8.48. The van der Waals surface area contributed by atoms with Crippen LogP contribution in [0.25, 0.3) is 0 Å². The highest BCUT2D eigenvalue weighted by molar-refractivity contribution is 5.98. The number of benzene rings is 1.